The van der Waals surface area contributed by atoms with Crippen LogP contribution >= 0.6 is 11.3 Å². The van der Waals surface area contributed by atoms with E-state index in [1.54, 1.807) is 0 Å². The predicted molar refractivity (Wildman–Crippen MR) is 36.9 cm³/mol. The lowest BCUT2D eigenvalue weighted by atomic mass is 10.3. The number of hydrogen-bond acceptors (Lipinski definition) is 3. The lowest BCUT2D eigenvalue weighted by Gasteiger charge is -1.93. The maximum Gasteiger partial charge on any atom is 0.128 e. The van der Waals surface area contributed by atoms with Crippen molar-refractivity contribution in [2.45, 2.75) is 6.04 Å². The van der Waals surface area contributed by atoms with E-state index in [4.69, 9.17) is 11.0 Å². The Kier molecular flexibility index (Phi) is 1.83. The highest BCUT2D eigenvalue weighted by Crippen LogP contribution is 2.14. The van der Waals surface area contributed by atoms with Crippen LogP contribution in [0.3, 0.4) is 0 Å². The van der Waals surface area contributed by atoms with Gasteiger partial charge in [0, 0.05) is 4.88 Å². The van der Waals surface area contributed by atoms with Gasteiger partial charge in [-0.3, -0.25) is 0 Å². The molecule has 0 radical (unpaired) electrons. The number of thiophene rings is 1. The zero-order valence-electron chi connectivity index (χ0n) is 4.74. The standard InChI is InChI=1S/C6H6N2S/c7-4-5(8)6-2-1-3-9-6/h1-3,5H,8H2/t5-/m0/s1. The highest BCUT2D eigenvalue weighted by molar-refractivity contribution is 7.10. The quantitative estimate of drug-likeness (QED) is 0.635. The van der Waals surface area contributed by atoms with E-state index in [-0.39, 0.29) is 0 Å². The van der Waals surface area contributed by atoms with Crippen LogP contribution in [0, 0.1) is 11.3 Å². The average Bonchev–Trinajstić information content (AvgIpc) is 2.37. The summed E-state index contributed by atoms with van der Waals surface area (Å²) in [6.07, 6.45) is 0. The lowest BCUT2D eigenvalue weighted by molar-refractivity contribution is 0.951. The fraction of sp³-hybridized carbons (Fsp3) is 0.167. The summed E-state index contributed by atoms with van der Waals surface area (Å²) in [6, 6.07) is 5.26. The second-order valence-electron chi connectivity index (χ2n) is 1.62. The van der Waals surface area contributed by atoms with E-state index in [1.165, 1.54) is 11.3 Å². The molecule has 2 nitrogen and oxygen atoms in total. The molecule has 1 aromatic rings. The van der Waals surface area contributed by atoms with Gasteiger partial charge in [-0.25, -0.2) is 0 Å². The first-order valence-electron chi connectivity index (χ1n) is 2.53. The Morgan fingerprint density at radius 2 is 2.56 bits per heavy atom. The zero-order chi connectivity index (χ0) is 6.69. The first-order chi connectivity index (χ1) is 4.34. The van der Waals surface area contributed by atoms with Gasteiger partial charge in [0.25, 0.3) is 0 Å². The number of nitrogens with zero attached hydrogens (tertiary/aromatic N) is 1. The Morgan fingerprint density at radius 3 is 3.00 bits per heavy atom. The molecule has 0 saturated carbocycles. The van der Waals surface area contributed by atoms with Gasteiger partial charge in [-0.1, -0.05) is 6.07 Å². The summed E-state index contributed by atoms with van der Waals surface area (Å²) in [5.74, 6) is 0. The van der Waals surface area contributed by atoms with Crippen molar-refractivity contribution in [3.8, 4) is 6.07 Å². The van der Waals surface area contributed by atoms with Crippen LogP contribution < -0.4 is 5.73 Å². The van der Waals surface area contributed by atoms with Gasteiger partial charge >= 0.3 is 0 Å². The van der Waals surface area contributed by atoms with Gasteiger partial charge in [0.15, 0.2) is 0 Å². The van der Waals surface area contributed by atoms with E-state index < -0.39 is 6.04 Å². The van der Waals surface area contributed by atoms with Crippen molar-refractivity contribution in [3.63, 3.8) is 0 Å². The highest BCUT2D eigenvalue weighted by atomic mass is 32.1. The van der Waals surface area contributed by atoms with Crippen LogP contribution in [0.1, 0.15) is 10.9 Å². The van der Waals surface area contributed by atoms with E-state index in [0.717, 1.165) is 4.88 Å². The Balaban J connectivity index is 2.80. The second-order valence-corrected chi connectivity index (χ2v) is 2.60. The molecule has 2 N–H and O–H groups in total. The fourth-order valence-corrected chi connectivity index (χ4v) is 1.20. The highest BCUT2D eigenvalue weighted by Gasteiger charge is 2.02. The van der Waals surface area contributed by atoms with Gasteiger partial charge in [-0.15, -0.1) is 11.3 Å². The number of hydrogen-bond donors (Lipinski definition) is 1. The molecule has 1 atom stereocenters. The van der Waals surface area contributed by atoms with Gasteiger partial charge in [-0.05, 0) is 11.4 Å². The molecule has 46 valence electrons. The van der Waals surface area contributed by atoms with Gasteiger partial charge < -0.3 is 5.73 Å². The molecule has 0 spiro atoms. The molecule has 1 heterocycles. The van der Waals surface area contributed by atoms with E-state index >= 15 is 0 Å². The van der Waals surface area contributed by atoms with Gasteiger partial charge in [0.1, 0.15) is 6.04 Å². The van der Waals surface area contributed by atoms with Crippen LogP contribution in [0.25, 0.3) is 0 Å². The molecule has 0 fully saturated rings. The smallest absolute Gasteiger partial charge is 0.128 e. The normalized spacial score (nSPS) is 12.4. The molecule has 0 unspecified atom stereocenters. The van der Waals surface area contributed by atoms with E-state index in [9.17, 15) is 0 Å². The Hall–Kier alpha value is -0.850. The first-order valence-corrected chi connectivity index (χ1v) is 3.41. The van der Waals surface area contributed by atoms with Crippen LogP contribution in [0.4, 0.5) is 0 Å². The Morgan fingerprint density at radius 1 is 1.78 bits per heavy atom. The van der Waals surface area contributed by atoms with Gasteiger partial charge in [0.2, 0.25) is 0 Å². The molecule has 1 aromatic heterocycles. The minimum atomic E-state index is -0.440. The van der Waals surface area contributed by atoms with Crippen LogP contribution in [-0.4, -0.2) is 0 Å². The molecule has 0 aliphatic carbocycles. The average molecular weight is 138 g/mol. The first kappa shape index (κ1) is 6.27. The third kappa shape index (κ3) is 1.28. The van der Waals surface area contributed by atoms with Crippen molar-refractivity contribution in [3.05, 3.63) is 22.4 Å². The van der Waals surface area contributed by atoms with Crippen molar-refractivity contribution in [2.24, 2.45) is 5.73 Å². The summed E-state index contributed by atoms with van der Waals surface area (Å²) in [6.45, 7) is 0. The molecule has 0 bridgehead atoms. The Bertz CT molecular complexity index is 209. The van der Waals surface area contributed by atoms with Crippen molar-refractivity contribution in [1.82, 2.24) is 0 Å². The van der Waals surface area contributed by atoms with Crippen LogP contribution in [0.15, 0.2) is 17.5 Å². The third-order valence-corrected chi connectivity index (χ3v) is 1.94. The van der Waals surface area contributed by atoms with Gasteiger partial charge in [0.05, 0.1) is 6.07 Å². The minimum absolute atomic E-state index is 0.440. The largest absolute Gasteiger partial charge is 0.312 e. The molecule has 0 saturated heterocycles. The molecule has 0 aromatic carbocycles. The summed E-state index contributed by atoms with van der Waals surface area (Å²) in [7, 11) is 0. The molecule has 3 heteroatoms. The molecule has 0 aliphatic heterocycles. The lowest BCUT2D eigenvalue weighted by Crippen LogP contribution is -2.04. The summed E-state index contributed by atoms with van der Waals surface area (Å²) in [5.41, 5.74) is 5.39. The maximum atomic E-state index is 8.34. The number of nitriles is 1. The number of rotatable bonds is 1. The van der Waals surface area contributed by atoms with Crippen molar-refractivity contribution in [1.29, 1.82) is 5.26 Å². The Labute approximate surface area is 57.5 Å². The monoisotopic (exact) mass is 138 g/mol. The summed E-state index contributed by atoms with van der Waals surface area (Å²) < 4.78 is 0. The third-order valence-electron chi connectivity index (χ3n) is 0.989. The fourth-order valence-electron chi connectivity index (χ4n) is 0.532. The molecular formula is C6H6N2S. The van der Waals surface area contributed by atoms with Crippen molar-refractivity contribution >= 4 is 11.3 Å². The van der Waals surface area contributed by atoms with Crippen molar-refractivity contribution < 1.29 is 0 Å². The van der Waals surface area contributed by atoms with Crippen LogP contribution in [0.5, 0.6) is 0 Å². The predicted octanol–water partition coefficient (Wildman–Crippen LogP) is 1.27. The van der Waals surface area contributed by atoms with E-state index in [2.05, 4.69) is 0 Å². The second kappa shape index (κ2) is 2.62. The summed E-state index contributed by atoms with van der Waals surface area (Å²) >= 11 is 1.51. The maximum absolute atomic E-state index is 8.34. The molecule has 0 amide bonds. The SMILES string of the molecule is N#C[C@H](N)c1cccs1. The zero-order valence-corrected chi connectivity index (χ0v) is 5.56. The minimum Gasteiger partial charge on any atom is -0.312 e. The molecular weight excluding hydrogens is 132 g/mol. The van der Waals surface area contributed by atoms with Crippen molar-refractivity contribution in [2.75, 3.05) is 0 Å². The summed E-state index contributed by atoms with van der Waals surface area (Å²) in [5, 5.41) is 10.2. The molecule has 0 aliphatic rings. The van der Waals surface area contributed by atoms with E-state index in [1.807, 2.05) is 23.6 Å². The van der Waals surface area contributed by atoms with Crippen LogP contribution in [0.2, 0.25) is 0 Å². The topological polar surface area (TPSA) is 49.8 Å². The summed E-state index contributed by atoms with van der Waals surface area (Å²) in [4.78, 5) is 0.928. The van der Waals surface area contributed by atoms with Gasteiger partial charge in [-0.2, -0.15) is 5.26 Å². The van der Waals surface area contributed by atoms with Crippen LogP contribution in [-0.2, 0) is 0 Å². The van der Waals surface area contributed by atoms with E-state index in [0.29, 0.717) is 0 Å². The molecule has 9 heavy (non-hydrogen) atoms. The molecule has 1 rings (SSSR count). The number of nitrogens with two attached hydrogens (primary N) is 1.